The van der Waals surface area contributed by atoms with Gasteiger partial charge in [0, 0.05) is 47.7 Å². The number of hydrogen-bond donors (Lipinski definition) is 0. The third-order valence-electron chi connectivity index (χ3n) is 5.40. The molecule has 0 saturated heterocycles. The number of thioether (sulfide) groups is 1. The number of carbonyl (C=O) groups excluding carboxylic acids is 1. The van der Waals surface area contributed by atoms with Crippen molar-refractivity contribution in [1.29, 1.82) is 0 Å². The molecule has 0 atom stereocenters. The number of methoxy groups -OCH3 is 1. The van der Waals surface area contributed by atoms with Gasteiger partial charge in [-0.15, -0.1) is 10.2 Å². The summed E-state index contributed by atoms with van der Waals surface area (Å²) in [7, 11) is 1.64. The van der Waals surface area contributed by atoms with E-state index in [9.17, 15) is 9.18 Å². The van der Waals surface area contributed by atoms with E-state index in [1.165, 1.54) is 17.8 Å². The Balaban J connectivity index is 1.56. The number of rotatable bonds is 9. The molecule has 0 saturated carbocycles. The molecule has 0 aliphatic heterocycles. The number of aromatic nitrogens is 5. The maximum Gasteiger partial charge on any atom is 0.192 e. The van der Waals surface area contributed by atoms with Crippen molar-refractivity contribution in [2.75, 3.05) is 19.5 Å². The van der Waals surface area contributed by atoms with Gasteiger partial charge in [0.2, 0.25) is 0 Å². The van der Waals surface area contributed by atoms with Crippen LogP contribution in [0.3, 0.4) is 0 Å². The fraction of sp³-hybridized carbons (Fsp3) is 0.250. The van der Waals surface area contributed by atoms with Gasteiger partial charge >= 0.3 is 0 Å². The van der Waals surface area contributed by atoms with Crippen molar-refractivity contribution in [1.82, 2.24) is 24.3 Å². The SMILES string of the molecule is COCCn1c(SCC(=O)c2cc(C)n(-c3ccc(F)c(Cl)c3)c2C)nnc1-c1ccncc1. The quantitative estimate of drug-likeness (QED) is 0.234. The number of pyridine rings is 1. The zero-order valence-corrected chi connectivity index (χ0v) is 20.5. The molecule has 10 heteroatoms. The zero-order chi connectivity index (χ0) is 24.2. The van der Waals surface area contributed by atoms with E-state index in [1.807, 2.05) is 41.2 Å². The third-order valence-corrected chi connectivity index (χ3v) is 6.66. The molecule has 0 aliphatic rings. The highest BCUT2D eigenvalue weighted by molar-refractivity contribution is 7.99. The van der Waals surface area contributed by atoms with Gasteiger partial charge in [0.25, 0.3) is 0 Å². The molecule has 0 spiro atoms. The van der Waals surface area contributed by atoms with Gasteiger partial charge in [-0.2, -0.15) is 0 Å². The smallest absolute Gasteiger partial charge is 0.192 e. The number of carbonyl (C=O) groups is 1. The lowest BCUT2D eigenvalue weighted by atomic mass is 10.2. The largest absolute Gasteiger partial charge is 0.383 e. The van der Waals surface area contributed by atoms with Crippen molar-refractivity contribution >= 4 is 29.1 Å². The molecule has 4 rings (SSSR count). The van der Waals surface area contributed by atoms with Crippen LogP contribution in [0.15, 0.2) is 53.9 Å². The minimum absolute atomic E-state index is 0.0360. The van der Waals surface area contributed by atoms with Crippen molar-refractivity contribution in [3.63, 3.8) is 0 Å². The lowest BCUT2D eigenvalue weighted by molar-refractivity contribution is 0.102. The standard InChI is InChI=1S/C24H23ClFN5O2S/c1-15-12-19(16(2)31(15)18-4-5-21(26)20(25)13-18)22(32)14-34-24-29-28-23(30(24)10-11-33-3)17-6-8-27-9-7-17/h4-9,12-13H,10-11,14H2,1-3H3. The van der Waals surface area contributed by atoms with Crippen molar-refractivity contribution in [2.45, 2.75) is 25.5 Å². The molecule has 7 nitrogen and oxygen atoms in total. The van der Waals surface area contributed by atoms with Gasteiger partial charge in [0.1, 0.15) is 5.82 Å². The van der Waals surface area contributed by atoms with Crippen LogP contribution in [0.1, 0.15) is 21.7 Å². The number of benzene rings is 1. The van der Waals surface area contributed by atoms with Crippen LogP contribution >= 0.6 is 23.4 Å². The predicted octanol–water partition coefficient (Wildman–Crippen LogP) is 5.16. The number of ether oxygens (including phenoxy) is 1. The highest BCUT2D eigenvalue weighted by Gasteiger charge is 2.20. The summed E-state index contributed by atoms with van der Waals surface area (Å²) in [6, 6.07) is 10.1. The molecule has 0 aliphatic carbocycles. The third kappa shape index (κ3) is 4.91. The summed E-state index contributed by atoms with van der Waals surface area (Å²) in [6.07, 6.45) is 3.40. The fourth-order valence-corrected chi connectivity index (χ4v) is 4.79. The summed E-state index contributed by atoms with van der Waals surface area (Å²) in [5, 5.41) is 9.32. The lowest BCUT2D eigenvalue weighted by Crippen LogP contribution is -2.10. The first kappa shape index (κ1) is 24.1. The van der Waals surface area contributed by atoms with E-state index in [1.54, 1.807) is 31.6 Å². The van der Waals surface area contributed by atoms with Crippen LogP contribution in [0.4, 0.5) is 4.39 Å². The highest BCUT2D eigenvalue weighted by Crippen LogP contribution is 2.28. The molecule has 0 amide bonds. The lowest BCUT2D eigenvalue weighted by Gasteiger charge is -2.11. The van der Waals surface area contributed by atoms with Gasteiger partial charge in [0.05, 0.1) is 23.9 Å². The molecule has 3 aromatic heterocycles. The van der Waals surface area contributed by atoms with E-state index in [4.69, 9.17) is 16.3 Å². The van der Waals surface area contributed by atoms with Gasteiger partial charge in [-0.1, -0.05) is 23.4 Å². The fourth-order valence-electron chi connectivity index (χ4n) is 3.77. The van der Waals surface area contributed by atoms with E-state index in [-0.39, 0.29) is 16.6 Å². The molecule has 0 unspecified atom stereocenters. The second-order valence-electron chi connectivity index (χ2n) is 7.62. The van der Waals surface area contributed by atoms with Crippen LogP contribution in [0.5, 0.6) is 0 Å². The topological polar surface area (TPSA) is 74.8 Å². The first-order valence-corrected chi connectivity index (χ1v) is 11.9. The first-order valence-electron chi connectivity index (χ1n) is 10.5. The first-order chi connectivity index (χ1) is 16.4. The molecule has 3 heterocycles. The van der Waals surface area contributed by atoms with Gasteiger partial charge in [-0.3, -0.25) is 14.3 Å². The van der Waals surface area contributed by atoms with Crippen LogP contribution in [-0.2, 0) is 11.3 Å². The zero-order valence-electron chi connectivity index (χ0n) is 19.0. The Labute approximate surface area is 205 Å². The molecule has 0 N–H and O–H groups in total. The molecule has 1 aromatic carbocycles. The van der Waals surface area contributed by atoms with Crippen LogP contribution in [0, 0.1) is 19.7 Å². The maximum absolute atomic E-state index is 13.6. The normalized spacial score (nSPS) is 11.2. The summed E-state index contributed by atoms with van der Waals surface area (Å²) in [4.78, 5) is 17.2. The van der Waals surface area contributed by atoms with Crippen molar-refractivity contribution in [3.05, 3.63) is 76.6 Å². The molecule has 4 aromatic rings. The summed E-state index contributed by atoms with van der Waals surface area (Å²) in [5.74, 6) is 0.366. The summed E-state index contributed by atoms with van der Waals surface area (Å²) >= 11 is 7.29. The minimum atomic E-state index is -0.482. The van der Waals surface area contributed by atoms with E-state index in [2.05, 4.69) is 15.2 Å². The van der Waals surface area contributed by atoms with E-state index in [0.29, 0.717) is 35.4 Å². The number of aryl methyl sites for hydroxylation is 1. The summed E-state index contributed by atoms with van der Waals surface area (Å²) in [6.45, 7) is 4.80. The number of halogens is 2. The maximum atomic E-state index is 13.6. The Kier molecular flexibility index (Phi) is 7.45. The van der Waals surface area contributed by atoms with Crippen LogP contribution in [0.25, 0.3) is 17.1 Å². The van der Waals surface area contributed by atoms with E-state index >= 15 is 0 Å². The van der Waals surface area contributed by atoms with Crippen LogP contribution in [0.2, 0.25) is 5.02 Å². The molecule has 0 radical (unpaired) electrons. The molecule has 176 valence electrons. The van der Waals surface area contributed by atoms with Crippen molar-refractivity contribution in [2.24, 2.45) is 0 Å². The van der Waals surface area contributed by atoms with E-state index in [0.717, 1.165) is 17.0 Å². The highest BCUT2D eigenvalue weighted by atomic mass is 35.5. The Morgan fingerprint density at radius 2 is 1.91 bits per heavy atom. The second-order valence-corrected chi connectivity index (χ2v) is 8.97. The molecular formula is C24H23ClFN5O2S. The van der Waals surface area contributed by atoms with Crippen LogP contribution < -0.4 is 0 Å². The molecule has 0 bridgehead atoms. The number of ketones is 1. The monoisotopic (exact) mass is 499 g/mol. The predicted molar refractivity (Wildman–Crippen MR) is 130 cm³/mol. The van der Waals surface area contributed by atoms with Gasteiger partial charge < -0.3 is 9.30 Å². The Bertz CT molecular complexity index is 1320. The Hall–Kier alpha value is -3.01. The summed E-state index contributed by atoms with van der Waals surface area (Å²) < 4.78 is 22.7. The Morgan fingerprint density at radius 3 is 2.62 bits per heavy atom. The van der Waals surface area contributed by atoms with Gasteiger partial charge in [-0.25, -0.2) is 4.39 Å². The van der Waals surface area contributed by atoms with Crippen molar-refractivity contribution < 1.29 is 13.9 Å². The molecular weight excluding hydrogens is 477 g/mol. The Morgan fingerprint density at radius 1 is 1.15 bits per heavy atom. The number of nitrogens with zero attached hydrogens (tertiary/aromatic N) is 5. The molecule has 0 fully saturated rings. The number of Topliss-reactive ketones (excluding diaryl/α,β-unsaturated/α-hetero) is 1. The average molecular weight is 500 g/mol. The number of hydrogen-bond acceptors (Lipinski definition) is 6. The van der Waals surface area contributed by atoms with Gasteiger partial charge in [0.15, 0.2) is 16.8 Å². The van der Waals surface area contributed by atoms with E-state index < -0.39 is 5.82 Å². The molecule has 34 heavy (non-hydrogen) atoms. The van der Waals surface area contributed by atoms with Crippen molar-refractivity contribution in [3.8, 4) is 17.1 Å². The van der Waals surface area contributed by atoms with Gasteiger partial charge in [-0.05, 0) is 50.2 Å². The average Bonchev–Trinajstić information content (AvgIpc) is 3.38. The minimum Gasteiger partial charge on any atom is -0.383 e. The summed E-state index contributed by atoms with van der Waals surface area (Å²) in [5.41, 5.74) is 3.82. The van der Waals surface area contributed by atoms with Crippen LogP contribution in [-0.4, -0.2) is 49.6 Å². The second kappa shape index (κ2) is 10.5.